The Morgan fingerprint density at radius 3 is 2.67 bits per heavy atom. The molecule has 0 heterocycles. The predicted molar refractivity (Wildman–Crippen MR) is 90.3 cm³/mol. The van der Waals surface area contributed by atoms with Crippen LogP contribution in [0.25, 0.3) is 0 Å². The van der Waals surface area contributed by atoms with Gasteiger partial charge in [-0.3, -0.25) is 0 Å². The van der Waals surface area contributed by atoms with Crippen LogP contribution in [0.1, 0.15) is 6.42 Å². The molecule has 0 aliphatic rings. The van der Waals surface area contributed by atoms with Gasteiger partial charge in [0, 0.05) is 22.2 Å². The van der Waals surface area contributed by atoms with E-state index >= 15 is 0 Å². The Labute approximate surface area is 134 Å². The predicted octanol–water partition coefficient (Wildman–Crippen LogP) is 4.64. The lowest BCUT2D eigenvalue weighted by atomic mass is 10.3. The fourth-order valence-corrected chi connectivity index (χ4v) is 2.79. The van der Waals surface area contributed by atoms with Gasteiger partial charge in [-0.15, -0.1) is 11.8 Å². The van der Waals surface area contributed by atoms with Gasteiger partial charge in [0.05, 0.1) is 0 Å². The minimum atomic E-state index is -0.207. The summed E-state index contributed by atoms with van der Waals surface area (Å²) in [6.07, 6.45) is 0.919. The van der Waals surface area contributed by atoms with Crippen LogP contribution < -0.4 is 10.6 Å². The van der Waals surface area contributed by atoms with Crippen molar-refractivity contribution in [3.05, 3.63) is 59.6 Å². The molecular formula is C16H17ClN2OS. The molecule has 0 saturated heterocycles. The Bertz CT molecular complexity index is 577. The zero-order valence-electron chi connectivity index (χ0n) is 11.5. The molecule has 2 amide bonds. The van der Waals surface area contributed by atoms with Crippen LogP contribution in [0, 0.1) is 0 Å². The van der Waals surface area contributed by atoms with Crippen molar-refractivity contribution in [1.29, 1.82) is 0 Å². The lowest BCUT2D eigenvalue weighted by Gasteiger charge is -2.07. The summed E-state index contributed by atoms with van der Waals surface area (Å²) < 4.78 is 0. The van der Waals surface area contributed by atoms with E-state index in [2.05, 4.69) is 22.8 Å². The number of benzene rings is 2. The quantitative estimate of drug-likeness (QED) is 0.601. The van der Waals surface area contributed by atoms with Crippen LogP contribution in [-0.4, -0.2) is 18.3 Å². The van der Waals surface area contributed by atoms with Crippen LogP contribution >= 0.6 is 23.4 Å². The minimum absolute atomic E-state index is 0.207. The van der Waals surface area contributed by atoms with Gasteiger partial charge in [-0.1, -0.05) is 35.9 Å². The van der Waals surface area contributed by atoms with Gasteiger partial charge in [0.25, 0.3) is 0 Å². The van der Waals surface area contributed by atoms with Crippen molar-refractivity contribution in [2.24, 2.45) is 0 Å². The van der Waals surface area contributed by atoms with Crippen molar-refractivity contribution in [1.82, 2.24) is 5.32 Å². The summed E-state index contributed by atoms with van der Waals surface area (Å²) in [5, 5.41) is 6.18. The van der Waals surface area contributed by atoms with Gasteiger partial charge in [0.2, 0.25) is 0 Å². The molecule has 2 rings (SSSR count). The number of anilines is 1. The normalized spacial score (nSPS) is 10.1. The monoisotopic (exact) mass is 320 g/mol. The third-order valence-corrected chi connectivity index (χ3v) is 4.03. The maximum absolute atomic E-state index is 11.7. The number of hydrogen-bond acceptors (Lipinski definition) is 2. The summed E-state index contributed by atoms with van der Waals surface area (Å²) >= 11 is 7.65. The minimum Gasteiger partial charge on any atom is -0.338 e. The first-order valence-electron chi connectivity index (χ1n) is 6.72. The Balaban J connectivity index is 1.61. The van der Waals surface area contributed by atoms with Crippen molar-refractivity contribution in [2.75, 3.05) is 17.6 Å². The summed E-state index contributed by atoms with van der Waals surface area (Å²) in [6, 6.07) is 17.1. The second-order valence-electron chi connectivity index (χ2n) is 4.41. The summed E-state index contributed by atoms with van der Waals surface area (Å²) in [7, 11) is 0. The van der Waals surface area contributed by atoms with Gasteiger partial charge in [-0.05, 0) is 42.5 Å². The zero-order valence-corrected chi connectivity index (χ0v) is 13.1. The van der Waals surface area contributed by atoms with E-state index in [1.165, 1.54) is 4.90 Å². The molecular weight excluding hydrogens is 304 g/mol. The van der Waals surface area contributed by atoms with Crippen molar-refractivity contribution in [2.45, 2.75) is 11.3 Å². The number of halogens is 1. The molecule has 3 nitrogen and oxygen atoms in total. The Hall–Kier alpha value is -1.65. The molecule has 0 unspecified atom stereocenters. The number of thioether (sulfide) groups is 1. The van der Waals surface area contributed by atoms with Gasteiger partial charge < -0.3 is 10.6 Å². The number of hydrogen-bond donors (Lipinski definition) is 2. The number of nitrogens with one attached hydrogen (secondary N) is 2. The van der Waals surface area contributed by atoms with E-state index in [4.69, 9.17) is 11.6 Å². The summed E-state index contributed by atoms with van der Waals surface area (Å²) in [6.45, 7) is 0.645. The summed E-state index contributed by atoms with van der Waals surface area (Å²) in [5.74, 6) is 0.974. The molecule has 0 saturated carbocycles. The molecule has 21 heavy (non-hydrogen) atoms. The van der Waals surface area contributed by atoms with Crippen molar-refractivity contribution < 1.29 is 4.79 Å². The first kappa shape index (κ1) is 15.7. The van der Waals surface area contributed by atoms with E-state index in [1.807, 2.05) is 18.2 Å². The molecule has 0 aliphatic heterocycles. The topological polar surface area (TPSA) is 41.1 Å². The second kappa shape index (κ2) is 8.60. The molecule has 0 bridgehead atoms. The Kier molecular flexibility index (Phi) is 6.44. The van der Waals surface area contributed by atoms with Crippen molar-refractivity contribution in [3.8, 4) is 0 Å². The average molecular weight is 321 g/mol. The van der Waals surface area contributed by atoms with Crippen LogP contribution in [-0.2, 0) is 0 Å². The smallest absolute Gasteiger partial charge is 0.319 e. The van der Waals surface area contributed by atoms with Gasteiger partial charge in [-0.25, -0.2) is 4.79 Å². The van der Waals surface area contributed by atoms with E-state index in [-0.39, 0.29) is 6.03 Å². The number of carbonyl (C=O) groups is 1. The van der Waals surface area contributed by atoms with Crippen molar-refractivity contribution >= 4 is 35.1 Å². The van der Waals surface area contributed by atoms with E-state index in [9.17, 15) is 4.79 Å². The molecule has 0 spiro atoms. The van der Waals surface area contributed by atoms with Crippen molar-refractivity contribution in [3.63, 3.8) is 0 Å². The molecule has 0 radical (unpaired) electrons. The number of rotatable bonds is 6. The molecule has 110 valence electrons. The van der Waals surface area contributed by atoms with Gasteiger partial charge in [0.1, 0.15) is 0 Å². The SMILES string of the molecule is O=C(NCCCSc1ccccc1)Nc1cccc(Cl)c1. The molecule has 2 N–H and O–H groups in total. The first-order chi connectivity index (χ1) is 10.2. The lowest BCUT2D eigenvalue weighted by molar-refractivity contribution is 0.252. The Morgan fingerprint density at radius 1 is 1.10 bits per heavy atom. The zero-order chi connectivity index (χ0) is 14.9. The van der Waals surface area contributed by atoms with Gasteiger partial charge in [0.15, 0.2) is 0 Å². The largest absolute Gasteiger partial charge is 0.338 e. The number of amides is 2. The average Bonchev–Trinajstić information content (AvgIpc) is 2.48. The van der Waals surface area contributed by atoms with Crippen LogP contribution in [0.15, 0.2) is 59.5 Å². The fourth-order valence-electron chi connectivity index (χ4n) is 1.72. The standard InChI is InChI=1S/C16H17ClN2OS/c17-13-6-4-7-14(12-13)19-16(20)18-10-5-11-21-15-8-2-1-3-9-15/h1-4,6-9,12H,5,10-11H2,(H2,18,19,20). The van der Waals surface area contributed by atoms with E-state index in [0.717, 1.165) is 12.2 Å². The van der Waals surface area contributed by atoms with Gasteiger partial charge >= 0.3 is 6.03 Å². The molecule has 5 heteroatoms. The molecule has 0 aromatic heterocycles. The maximum Gasteiger partial charge on any atom is 0.319 e. The van der Waals surface area contributed by atoms with Crippen LogP contribution in [0.5, 0.6) is 0 Å². The van der Waals surface area contributed by atoms with E-state index in [0.29, 0.717) is 17.3 Å². The van der Waals surface area contributed by atoms with Crippen LogP contribution in [0.3, 0.4) is 0 Å². The van der Waals surface area contributed by atoms with Gasteiger partial charge in [-0.2, -0.15) is 0 Å². The lowest BCUT2D eigenvalue weighted by Crippen LogP contribution is -2.29. The fraction of sp³-hybridized carbons (Fsp3) is 0.188. The maximum atomic E-state index is 11.7. The molecule has 0 aliphatic carbocycles. The number of urea groups is 1. The van der Waals surface area contributed by atoms with E-state index < -0.39 is 0 Å². The van der Waals surface area contributed by atoms with Crippen LogP contribution in [0.2, 0.25) is 5.02 Å². The molecule has 0 atom stereocenters. The second-order valence-corrected chi connectivity index (χ2v) is 6.01. The number of carbonyl (C=O) groups excluding carboxylic acids is 1. The highest BCUT2D eigenvalue weighted by molar-refractivity contribution is 7.99. The highest BCUT2D eigenvalue weighted by atomic mass is 35.5. The summed E-state index contributed by atoms with van der Waals surface area (Å²) in [5.41, 5.74) is 0.693. The highest BCUT2D eigenvalue weighted by Crippen LogP contribution is 2.17. The van der Waals surface area contributed by atoms with Crippen LogP contribution in [0.4, 0.5) is 10.5 Å². The molecule has 2 aromatic rings. The van der Waals surface area contributed by atoms with E-state index in [1.54, 1.807) is 36.0 Å². The molecule has 0 fully saturated rings. The highest BCUT2D eigenvalue weighted by Gasteiger charge is 2.01. The third-order valence-electron chi connectivity index (χ3n) is 2.70. The summed E-state index contributed by atoms with van der Waals surface area (Å²) in [4.78, 5) is 12.9. The third kappa shape index (κ3) is 6.10. The molecule has 2 aromatic carbocycles. The first-order valence-corrected chi connectivity index (χ1v) is 8.09. The Morgan fingerprint density at radius 2 is 1.90 bits per heavy atom.